The van der Waals surface area contributed by atoms with Crippen molar-refractivity contribution in [3.63, 3.8) is 0 Å². The fourth-order valence-corrected chi connectivity index (χ4v) is 2.59. The van der Waals surface area contributed by atoms with Crippen molar-refractivity contribution in [1.29, 1.82) is 0 Å². The lowest BCUT2D eigenvalue weighted by atomic mass is 10.3. The summed E-state index contributed by atoms with van der Waals surface area (Å²) in [6.45, 7) is 0. The van der Waals surface area contributed by atoms with Crippen LogP contribution in [-0.4, -0.2) is 36.3 Å². The molecule has 21 heavy (non-hydrogen) atoms. The van der Waals surface area contributed by atoms with E-state index < -0.39 is 5.97 Å². The summed E-state index contributed by atoms with van der Waals surface area (Å²) in [6, 6.07) is 10.8. The molecule has 0 radical (unpaired) electrons. The zero-order valence-electron chi connectivity index (χ0n) is 10.6. The van der Waals surface area contributed by atoms with Gasteiger partial charge in [0.15, 0.2) is 0 Å². The molecule has 0 atom stereocenters. The number of carboxylic acid groups (broad SMARTS) is 1. The summed E-state index contributed by atoms with van der Waals surface area (Å²) in [5, 5.41) is 21.2. The Morgan fingerprint density at radius 3 is 2.76 bits per heavy atom. The van der Waals surface area contributed by atoms with Gasteiger partial charge in [-0.3, -0.25) is 4.98 Å². The minimum absolute atomic E-state index is 0.164. The molecule has 2 aromatic heterocycles. The number of aromatic nitrogens is 5. The van der Waals surface area contributed by atoms with E-state index in [2.05, 4.69) is 20.5 Å². The molecule has 104 valence electrons. The molecule has 0 bridgehead atoms. The van der Waals surface area contributed by atoms with Gasteiger partial charge in [-0.2, -0.15) is 4.68 Å². The number of carboxylic acids is 1. The van der Waals surface area contributed by atoms with E-state index in [1.807, 2.05) is 30.3 Å². The van der Waals surface area contributed by atoms with Crippen LogP contribution in [-0.2, 0) is 0 Å². The number of hydrogen-bond donors (Lipinski definition) is 1. The number of benzene rings is 1. The molecule has 0 saturated carbocycles. The second-order valence-electron chi connectivity index (χ2n) is 3.99. The van der Waals surface area contributed by atoms with E-state index in [0.29, 0.717) is 10.1 Å². The molecule has 8 heteroatoms. The van der Waals surface area contributed by atoms with Crippen LogP contribution >= 0.6 is 11.8 Å². The Morgan fingerprint density at radius 2 is 2.00 bits per heavy atom. The number of tetrazole rings is 1. The Balaban J connectivity index is 1.98. The van der Waals surface area contributed by atoms with E-state index in [1.165, 1.54) is 18.5 Å². The molecular formula is C13H9N5O2S. The number of hydrogen-bond acceptors (Lipinski definition) is 6. The molecule has 7 nitrogen and oxygen atoms in total. The quantitative estimate of drug-likeness (QED) is 0.786. The van der Waals surface area contributed by atoms with Gasteiger partial charge >= 0.3 is 5.97 Å². The fourth-order valence-electron chi connectivity index (χ4n) is 1.71. The highest BCUT2D eigenvalue weighted by molar-refractivity contribution is 7.99. The van der Waals surface area contributed by atoms with E-state index in [9.17, 15) is 9.90 Å². The molecule has 0 saturated heterocycles. The second kappa shape index (κ2) is 5.71. The summed E-state index contributed by atoms with van der Waals surface area (Å²) in [4.78, 5) is 15.6. The van der Waals surface area contributed by atoms with Crippen molar-refractivity contribution in [3.05, 3.63) is 54.4 Å². The summed E-state index contributed by atoms with van der Waals surface area (Å²) in [5.74, 6) is -1.02. The monoisotopic (exact) mass is 299 g/mol. The maximum Gasteiger partial charge on any atom is 0.336 e. The number of nitrogens with zero attached hydrogens (tertiary/aromatic N) is 5. The molecule has 0 aliphatic carbocycles. The van der Waals surface area contributed by atoms with E-state index >= 15 is 0 Å². The van der Waals surface area contributed by atoms with Crippen LogP contribution in [0.25, 0.3) is 5.69 Å². The lowest BCUT2D eigenvalue weighted by molar-refractivity contribution is 0.0693. The highest BCUT2D eigenvalue weighted by Crippen LogP contribution is 2.29. The van der Waals surface area contributed by atoms with Crippen molar-refractivity contribution in [2.24, 2.45) is 0 Å². The van der Waals surface area contributed by atoms with Crippen LogP contribution in [0.1, 0.15) is 10.4 Å². The van der Waals surface area contributed by atoms with Gasteiger partial charge in [0, 0.05) is 17.3 Å². The Kier molecular flexibility index (Phi) is 3.61. The van der Waals surface area contributed by atoms with Crippen molar-refractivity contribution >= 4 is 17.7 Å². The average molecular weight is 299 g/mol. The molecule has 2 heterocycles. The predicted octanol–water partition coefficient (Wildman–Crippen LogP) is 1.91. The molecule has 3 aromatic rings. The van der Waals surface area contributed by atoms with E-state index in [1.54, 1.807) is 4.68 Å². The lowest BCUT2D eigenvalue weighted by Gasteiger charge is -2.05. The highest BCUT2D eigenvalue weighted by Gasteiger charge is 2.15. The molecule has 0 spiro atoms. The van der Waals surface area contributed by atoms with Gasteiger partial charge in [0.2, 0.25) is 5.16 Å². The van der Waals surface area contributed by atoms with Crippen molar-refractivity contribution in [2.75, 3.05) is 0 Å². The van der Waals surface area contributed by atoms with Crippen LogP contribution in [0.3, 0.4) is 0 Å². The molecule has 0 aliphatic heterocycles. The molecule has 0 aliphatic rings. The number of para-hydroxylation sites is 1. The minimum atomic E-state index is -1.02. The highest BCUT2D eigenvalue weighted by atomic mass is 32.2. The lowest BCUT2D eigenvalue weighted by Crippen LogP contribution is -2.01. The fraction of sp³-hybridized carbons (Fsp3) is 0. The minimum Gasteiger partial charge on any atom is -0.478 e. The van der Waals surface area contributed by atoms with Gasteiger partial charge in [0.1, 0.15) is 0 Å². The number of rotatable bonds is 4. The van der Waals surface area contributed by atoms with Gasteiger partial charge in [0.05, 0.1) is 11.3 Å². The smallest absolute Gasteiger partial charge is 0.336 e. The summed E-state index contributed by atoms with van der Waals surface area (Å²) < 4.78 is 1.54. The molecular weight excluding hydrogens is 290 g/mol. The Labute approximate surface area is 123 Å². The van der Waals surface area contributed by atoms with Crippen LogP contribution in [0.4, 0.5) is 0 Å². The van der Waals surface area contributed by atoms with Crippen molar-refractivity contribution < 1.29 is 9.90 Å². The Hall–Kier alpha value is -2.74. The first kappa shape index (κ1) is 13.3. The van der Waals surface area contributed by atoms with Crippen LogP contribution in [0.15, 0.2) is 58.8 Å². The number of pyridine rings is 1. The summed E-state index contributed by atoms with van der Waals surface area (Å²) in [7, 11) is 0. The zero-order chi connectivity index (χ0) is 14.7. The summed E-state index contributed by atoms with van der Waals surface area (Å²) in [6.07, 6.45) is 2.92. The molecule has 3 rings (SSSR count). The standard InChI is InChI=1S/C13H9N5O2S/c19-12(20)10-6-7-14-8-11(10)21-13-15-16-17-18(13)9-4-2-1-3-5-9/h1-8H,(H,19,20). The van der Waals surface area contributed by atoms with Gasteiger partial charge in [-0.1, -0.05) is 18.2 Å². The van der Waals surface area contributed by atoms with Gasteiger partial charge in [-0.25, -0.2) is 4.79 Å². The predicted molar refractivity (Wildman–Crippen MR) is 74.5 cm³/mol. The molecule has 0 amide bonds. The second-order valence-corrected chi connectivity index (χ2v) is 5.00. The van der Waals surface area contributed by atoms with Crippen molar-refractivity contribution in [1.82, 2.24) is 25.2 Å². The number of carbonyl (C=O) groups is 1. The number of aromatic carboxylic acids is 1. The molecule has 1 aromatic carbocycles. The summed E-state index contributed by atoms with van der Waals surface area (Å²) in [5.41, 5.74) is 0.961. The van der Waals surface area contributed by atoms with Gasteiger partial charge in [-0.15, -0.1) is 5.10 Å². The van der Waals surface area contributed by atoms with Crippen LogP contribution in [0, 0.1) is 0 Å². The molecule has 0 fully saturated rings. The van der Waals surface area contributed by atoms with Gasteiger partial charge in [-0.05, 0) is 40.4 Å². The first-order chi connectivity index (χ1) is 10.3. The van der Waals surface area contributed by atoms with E-state index in [-0.39, 0.29) is 5.56 Å². The zero-order valence-corrected chi connectivity index (χ0v) is 11.4. The van der Waals surface area contributed by atoms with Crippen LogP contribution in [0.5, 0.6) is 0 Å². The van der Waals surface area contributed by atoms with Crippen molar-refractivity contribution in [3.8, 4) is 5.69 Å². The largest absolute Gasteiger partial charge is 0.478 e. The Morgan fingerprint density at radius 1 is 1.19 bits per heavy atom. The third-order valence-corrected chi connectivity index (χ3v) is 3.64. The van der Waals surface area contributed by atoms with E-state index in [4.69, 9.17) is 0 Å². The molecule has 1 N–H and O–H groups in total. The normalized spacial score (nSPS) is 10.5. The van der Waals surface area contributed by atoms with Crippen LogP contribution < -0.4 is 0 Å². The maximum absolute atomic E-state index is 11.2. The van der Waals surface area contributed by atoms with E-state index in [0.717, 1.165) is 17.4 Å². The Bertz CT molecular complexity index is 775. The van der Waals surface area contributed by atoms with Gasteiger partial charge < -0.3 is 5.11 Å². The third-order valence-electron chi connectivity index (χ3n) is 2.66. The maximum atomic E-state index is 11.2. The van der Waals surface area contributed by atoms with Gasteiger partial charge in [0.25, 0.3) is 0 Å². The first-order valence-corrected chi connectivity index (χ1v) is 6.76. The summed E-state index contributed by atoms with van der Waals surface area (Å²) >= 11 is 1.15. The molecule has 0 unspecified atom stereocenters. The third kappa shape index (κ3) is 2.75. The van der Waals surface area contributed by atoms with Crippen LogP contribution in [0.2, 0.25) is 0 Å². The van der Waals surface area contributed by atoms with Crippen molar-refractivity contribution in [2.45, 2.75) is 10.1 Å². The average Bonchev–Trinajstić information content (AvgIpc) is 2.96. The topological polar surface area (TPSA) is 93.8 Å². The first-order valence-electron chi connectivity index (χ1n) is 5.94. The SMILES string of the molecule is O=C(O)c1ccncc1Sc1nnnn1-c1ccccc1.